The van der Waals surface area contributed by atoms with Crippen molar-refractivity contribution in [3.8, 4) is 0 Å². The highest BCUT2D eigenvalue weighted by Gasteiger charge is 2.46. The Morgan fingerprint density at radius 2 is 1.85 bits per heavy atom. The molecule has 6 heteroatoms. The summed E-state index contributed by atoms with van der Waals surface area (Å²) in [6.45, 7) is 2.89. The summed E-state index contributed by atoms with van der Waals surface area (Å²) in [5, 5.41) is 4.21. The van der Waals surface area contributed by atoms with Gasteiger partial charge in [0.15, 0.2) is 0 Å². The first-order valence-corrected chi connectivity index (χ1v) is 9.92. The van der Waals surface area contributed by atoms with Gasteiger partial charge in [0.05, 0.1) is 0 Å². The molecule has 2 aliphatic rings. The number of carbonyl (C=O) groups is 2. The molecule has 26 heavy (non-hydrogen) atoms. The number of amides is 2. The van der Waals surface area contributed by atoms with Crippen molar-refractivity contribution in [2.24, 2.45) is 0 Å². The average molecular weight is 369 g/mol. The normalized spacial score (nSPS) is 24.0. The van der Waals surface area contributed by atoms with Crippen LogP contribution in [-0.2, 0) is 22.6 Å². The molecule has 2 fully saturated rings. The second kappa shape index (κ2) is 7.21. The molecule has 0 N–H and O–H groups in total. The van der Waals surface area contributed by atoms with Crippen LogP contribution in [0.2, 0.25) is 0 Å². The zero-order chi connectivity index (χ0) is 18.1. The van der Waals surface area contributed by atoms with Gasteiger partial charge < -0.3 is 9.80 Å². The van der Waals surface area contributed by atoms with Crippen molar-refractivity contribution in [2.45, 2.75) is 25.0 Å². The van der Waals surface area contributed by atoms with Crippen LogP contribution in [-0.4, -0.2) is 65.3 Å². The van der Waals surface area contributed by atoms with E-state index < -0.39 is 6.04 Å². The van der Waals surface area contributed by atoms with Crippen molar-refractivity contribution in [3.05, 3.63) is 58.3 Å². The lowest BCUT2D eigenvalue weighted by atomic mass is 9.97. The summed E-state index contributed by atoms with van der Waals surface area (Å²) in [4.78, 5) is 31.8. The number of likely N-dealkylation sites (N-methyl/N-ethyl adjacent to an activating group) is 1. The van der Waals surface area contributed by atoms with Crippen LogP contribution in [0.15, 0.2) is 47.2 Å². The van der Waals surface area contributed by atoms with Crippen LogP contribution in [0, 0.1) is 0 Å². The Balaban J connectivity index is 1.48. The molecule has 1 aromatic carbocycles. The van der Waals surface area contributed by atoms with Crippen molar-refractivity contribution in [3.63, 3.8) is 0 Å². The van der Waals surface area contributed by atoms with E-state index in [9.17, 15) is 9.59 Å². The maximum atomic E-state index is 13.1. The molecule has 2 atom stereocenters. The lowest BCUT2D eigenvalue weighted by Gasteiger charge is -2.48. The highest BCUT2D eigenvalue weighted by molar-refractivity contribution is 7.07. The van der Waals surface area contributed by atoms with E-state index in [1.165, 1.54) is 5.56 Å². The molecule has 0 spiro atoms. The third-order valence-corrected chi connectivity index (χ3v) is 6.12. The third kappa shape index (κ3) is 3.27. The van der Waals surface area contributed by atoms with Gasteiger partial charge in [0.2, 0.25) is 11.8 Å². The Bertz CT molecular complexity index is 778. The molecule has 3 heterocycles. The summed E-state index contributed by atoms with van der Waals surface area (Å²) in [5.41, 5.74) is 2.35. The molecule has 2 saturated heterocycles. The molecule has 2 aliphatic heterocycles. The van der Waals surface area contributed by atoms with Gasteiger partial charge in [-0.2, -0.15) is 11.3 Å². The van der Waals surface area contributed by atoms with E-state index in [2.05, 4.69) is 21.7 Å². The van der Waals surface area contributed by atoms with Gasteiger partial charge in [-0.25, -0.2) is 0 Å². The third-order valence-electron chi connectivity index (χ3n) is 5.39. The lowest BCUT2D eigenvalue weighted by Crippen LogP contribution is -2.69. The first-order valence-electron chi connectivity index (χ1n) is 8.98. The zero-order valence-corrected chi connectivity index (χ0v) is 15.7. The predicted octanol–water partition coefficient (Wildman–Crippen LogP) is 1.84. The van der Waals surface area contributed by atoms with Crippen molar-refractivity contribution in [1.29, 1.82) is 0 Å². The molecule has 2 aromatic rings. The van der Waals surface area contributed by atoms with Crippen LogP contribution >= 0.6 is 11.3 Å². The summed E-state index contributed by atoms with van der Waals surface area (Å²) in [7, 11) is 1.77. The van der Waals surface area contributed by atoms with Crippen LogP contribution in [0.4, 0.5) is 0 Å². The quantitative estimate of drug-likeness (QED) is 0.826. The maximum Gasteiger partial charge on any atom is 0.247 e. The maximum absolute atomic E-state index is 13.1. The van der Waals surface area contributed by atoms with E-state index in [1.54, 1.807) is 28.2 Å². The molecule has 0 unspecified atom stereocenters. The molecular formula is C20H23N3O2S. The average Bonchev–Trinajstić information content (AvgIpc) is 3.17. The van der Waals surface area contributed by atoms with E-state index in [0.29, 0.717) is 19.5 Å². The molecular weight excluding hydrogens is 346 g/mol. The predicted molar refractivity (Wildman–Crippen MR) is 102 cm³/mol. The summed E-state index contributed by atoms with van der Waals surface area (Å²) < 4.78 is 0. The molecule has 0 aliphatic carbocycles. The zero-order valence-electron chi connectivity index (χ0n) is 14.9. The smallest absolute Gasteiger partial charge is 0.247 e. The van der Waals surface area contributed by atoms with Gasteiger partial charge in [0, 0.05) is 39.6 Å². The van der Waals surface area contributed by atoms with Crippen molar-refractivity contribution in [1.82, 2.24) is 14.7 Å². The summed E-state index contributed by atoms with van der Waals surface area (Å²) in [5.74, 6) is 0.136. The van der Waals surface area contributed by atoms with Crippen molar-refractivity contribution in [2.75, 3.05) is 26.7 Å². The number of hydrogen-bond acceptors (Lipinski definition) is 4. The Kier molecular flexibility index (Phi) is 4.78. The fourth-order valence-electron chi connectivity index (χ4n) is 3.91. The number of benzene rings is 1. The number of fused-ring (bicyclic) bond motifs is 1. The summed E-state index contributed by atoms with van der Waals surface area (Å²) in [6.07, 6.45) is 0.573. The second-order valence-electron chi connectivity index (χ2n) is 7.07. The van der Waals surface area contributed by atoms with Gasteiger partial charge in [-0.3, -0.25) is 14.5 Å². The Labute approximate surface area is 157 Å². The molecule has 136 valence electrons. The monoisotopic (exact) mass is 369 g/mol. The highest BCUT2D eigenvalue weighted by atomic mass is 32.1. The second-order valence-corrected chi connectivity index (χ2v) is 7.85. The van der Waals surface area contributed by atoms with Crippen molar-refractivity contribution >= 4 is 23.2 Å². The van der Waals surface area contributed by atoms with E-state index in [4.69, 9.17) is 0 Å². The molecule has 0 bridgehead atoms. The number of thiophene rings is 1. The van der Waals surface area contributed by atoms with Crippen LogP contribution in [0.25, 0.3) is 0 Å². The van der Waals surface area contributed by atoms with E-state index in [1.807, 2.05) is 30.3 Å². The van der Waals surface area contributed by atoms with Crippen LogP contribution in [0.1, 0.15) is 11.1 Å². The molecule has 0 saturated carbocycles. The molecule has 1 aromatic heterocycles. The van der Waals surface area contributed by atoms with Gasteiger partial charge in [0.25, 0.3) is 0 Å². The number of hydrogen-bond donors (Lipinski definition) is 0. The summed E-state index contributed by atoms with van der Waals surface area (Å²) in [6, 6.07) is 11.3. The fraction of sp³-hybridized carbons (Fsp3) is 0.400. The van der Waals surface area contributed by atoms with Crippen LogP contribution < -0.4 is 0 Å². The topological polar surface area (TPSA) is 43.9 Å². The van der Waals surface area contributed by atoms with Gasteiger partial charge >= 0.3 is 0 Å². The first-order chi connectivity index (χ1) is 12.6. The number of piperazine rings is 2. The number of nitrogens with zero attached hydrogens (tertiary/aromatic N) is 3. The minimum Gasteiger partial charge on any atom is -0.332 e. The van der Waals surface area contributed by atoms with Gasteiger partial charge in [-0.1, -0.05) is 30.3 Å². The van der Waals surface area contributed by atoms with E-state index in [-0.39, 0.29) is 17.9 Å². The first kappa shape index (κ1) is 17.2. The van der Waals surface area contributed by atoms with Gasteiger partial charge in [0.1, 0.15) is 12.1 Å². The molecule has 0 radical (unpaired) electrons. The molecule has 4 rings (SSSR count). The Hall–Kier alpha value is -2.18. The molecule has 2 amide bonds. The lowest BCUT2D eigenvalue weighted by molar-refractivity contribution is -0.164. The van der Waals surface area contributed by atoms with Crippen molar-refractivity contribution < 1.29 is 9.59 Å². The largest absolute Gasteiger partial charge is 0.332 e. The van der Waals surface area contributed by atoms with Crippen LogP contribution in [0.3, 0.4) is 0 Å². The van der Waals surface area contributed by atoms with Crippen LogP contribution in [0.5, 0.6) is 0 Å². The minimum atomic E-state index is -0.399. The summed E-state index contributed by atoms with van der Waals surface area (Å²) >= 11 is 1.69. The van der Waals surface area contributed by atoms with Gasteiger partial charge in [-0.15, -0.1) is 0 Å². The highest BCUT2D eigenvalue weighted by Crippen LogP contribution is 2.24. The number of rotatable bonds is 4. The van der Waals surface area contributed by atoms with E-state index in [0.717, 1.165) is 18.7 Å². The fourth-order valence-corrected chi connectivity index (χ4v) is 4.57. The van der Waals surface area contributed by atoms with Gasteiger partial charge in [-0.05, 0) is 28.0 Å². The Morgan fingerprint density at radius 1 is 1.04 bits per heavy atom. The standard InChI is InChI=1S/C20H23N3O2S/c1-21-17(11-15-5-3-2-4-6-15)20(25)23-9-8-22(13-18(23)19(21)24)12-16-7-10-26-14-16/h2-7,10,14,17-18H,8-9,11-13H2,1H3/t17-,18+/m0/s1. The van der Waals surface area contributed by atoms with E-state index >= 15 is 0 Å². The molecule has 5 nitrogen and oxygen atoms in total. The number of carbonyl (C=O) groups excluding carboxylic acids is 2. The minimum absolute atomic E-state index is 0.0561. The Morgan fingerprint density at radius 3 is 2.58 bits per heavy atom. The SMILES string of the molecule is CN1C(=O)[C@H]2CN(Cc3ccsc3)CCN2C(=O)[C@@H]1Cc1ccccc1.